The van der Waals surface area contributed by atoms with E-state index < -0.39 is 0 Å². The highest BCUT2D eigenvalue weighted by Crippen LogP contribution is 2.22. The Morgan fingerprint density at radius 2 is 1.58 bits per heavy atom. The predicted octanol–water partition coefficient (Wildman–Crippen LogP) is 5.02. The molecule has 0 aliphatic heterocycles. The molecule has 3 rings (SSSR count). The number of hydrogen-bond donors (Lipinski definition) is 2. The molecule has 0 aliphatic carbocycles. The van der Waals surface area contributed by atoms with Gasteiger partial charge in [-0.1, -0.05) is 55.0 Å². The molecule has 2 aromatic carbocycles. The third-order valence-corrected chi connectivity index (χ3v) is 3.64. The van der Waals surface area contributed by atoms with E-state index in [1.54, 1.807) is 0 Å². The first-order valence-corrected chi connectivity index (χ1v) is 8.26. The van der Waals surface area contributed by atoms with Crippen molar-refractivity contribution in [2.45, 2.75) is 20.3 Å². The summed E-state index contributed by atoms with van der Waals surface area (Å²) in [7, 11) is 0. The second kappa shape index (κ2) is 7.59. The van der Waals surface area contributed by atoms with Gasteiger partial charge < -0.3 is 10.6 Å². The van der Waals surface area contributed by atoms with Crippen LogP contribution in [0.25, 0.3) is 11.4 Å². The Labute approximate surface area is 143 Å². The minimum atomic E-state index is 0.714. The molecule has 4 nitrogen and oxygen atoms in total. The van der Waals surface area contributed by atoms with Gasteiger partial charge in [0.25, 0.3) is 0 Å². The molecule has 24 heavy (non-hydrogen) atoms. The number of hydrogen-bond acceptors (Lipinski definition) is 4. The maximum absolute atomic E-state index is 4.67. The van der Waals surface area contributed by atoms with Crippen molar-refractivity contribution >= 4 is 17.3 Å². The van der Waals surface area contributed by atoms with Crippen molar-refractivity contribution in [3.63, 3.8) is 0 Å². The average Bonchev–Trinajstić information content (AvgIpc) is 2.62. The van der Waals surface area contributed by atoms with Crippen LogP contribution in [-0.2, 0) is 0 Å². The Bertz CT molecular complexity index is 782. The molecule has 0 atom stereocenters. The predicted molar refractivity (Wildman–Crippen MR) is 101 cm³/mol. The van der Waals surface area contributed by atoms with Crippen LogP contribution in [0, 0.1) is 6.92 Å². The van der Waals surface area contributed by atoms with Crippen LogP contribution in [0.3, 0.4) is 0 Å². The summed E-state index contributed by atoms with van der Waals surface area (Å²) in [6, 6.07) is 20.3. The molecule has 0 saturated heterocycles. The molecule has 0 spiro atoms. The van der Waals surface area contributed by atoms with Crippen molar-refractivity contribution in [2.75, 3.05) is 17.2 Å². The van der Waals surface area contributed by atoms with Gasteiger partial charge >= 0.3 is 0 Å². The fourth-order valence-electron chi connectivity index (χ4n) is 2.36. The van der Waals surface area contributed by atoms with Gasteiger partial charge in [-0.15, -0.1) is 0 Å². The zero-order chi connectivity index (χ0) is 16.8. The molecule has 0 unspecified atom stereocenters. The average molecular weight is 318 g/mol. The Kier molecular flexibility index (Phi) is 5.06. The Hall–Kier alpha value is -2.88. The number of nitrogens with zero attached hydrogens (tertiary/aromatic N) is 2. The lowest BCUT2D eigenvalue weighted by Crippen LogP contribution is -2.05. The smallest absolute Gasteiger partial charge is 0.163 e. The minimum Gasteiger partial charge on any atom is -0.370 e. The normalized spacial score (nSPS) is 10.4. The van der Waals surface area contributed by atoms with Gasteiger partial charge in [-0.25, -0.2) is 9.97 Å². The van der Waals surface area contributed by atoms with Crippen LogP contribution >= 0.6 is 0 Å². The van der Waals surface area contributed by atoms with Crippen LogP contribution < -0.4 is 10.6 Å². The number of aromatic nitrogens is 2. The van der Waals surface area contributed by atoms with Gasteiger partial charge in [0.1, 0.15) is 11.6 Å². The standard InChI is InChI=1S/C20H22N4/c1-3-13-21-18-14-19(22-17-11-9-15(2)10-12-17)24-20(23-18)16-7-5-4-6-8-16/h4-12,14H,3,13H2,1-2H3,(H2,21,22,23,24). The maximum atomic E-state index is 4.67. The first-order chi connectivity index (χ1) is 11.7. The molecule has 0 bridgehead atoms. The fourth-order valence-corrected chi connectivity index (χ4v) is 2.36. The van der Waals surface area contributed by atoms with Crippen LogP contribution in [0.2, 0.25) is 0 Å². The van der Waals surface area contributed by atoms with Gasteiger partial charge in [0.05, 0.1) is 0 Å². The largest absolute Gasteiger partial charge is 0.370 e. The summed E-state index contributed by atoms with van der Waals surface area (Å²) in [5.74, 6) is 2.33. The van der Waals surface area contributed by atoms with Gasteiger partial charge in [0, 0.05) is 23.9 Å². The lowest BCUT2D eigenvalue weighted by atomic mass is 10.2. The lowest BCUT2D eigenvalue weighted by Gasteiger charge is -2.11. The van der Waals surface area contributed by atoms with Crippen LogP contribution in [-0.4, -0.2) is 16.5 Å². The number of aryl methyl sites for hydroxylation is 1. The molecule has 0 aliphatic rings. The lowest BCUT2D eigenvalue weighted by molar-refractivity contribution is 0.966. The first kappa shape index (κ1) is 16.0. The van der Waals surface area contributed by atoms with E-state index in [4.69, 9.17) is 0 Å². The molecule has 4 heteroatoms. The van der Waals surface area contributed by atoms with E-state index in [0.29, 0.717) is 5.82 Å². The fraction of sp³-hybridized carbons (Fsp3) is 0.200. The number of anilines is 3. The molecule has 3 aromatic rings. The van der Waals surface area contributed by atoms with Gasteiger partial charge in [0.15, 0.2) is 5.82 Å². The summed E-state index contributed by atoms with van der Waals surface area (Å²) in [5.41, 5.74) is 3.25. The van der Waals surface area contributed by atoms with Crippen molar-refractivity contribution in [2.24, 2.45) is 0 Å². The highest BCUT2D eigenvalue weighted by Gasteiger charge is 2.07. The van der Waals surface area contributed by atoms with E-state index >= 15 is 0 Å². The molecular weight excluding hydrogens is 296 g/mol. The molecule has 1 aromatic heterocycles. The Morgan fingerprint density at radius 3 is 2.29 bits per heavy atom. The quantitative estimate of drug-likeness (QED) is 0.670. The number of nitrogens with one attached hydrogen (secondary N) is 2. The summed E-state index contributed by atoms with van der Waals surface area (Å²) >= 11 is 0. The molecule has 2 N–H and O–H groups in total. The monoisotopic (exact) mass is 318 g/mol. The summed E-state index contributed by atoms with van der Waals surface area (Å²) in [6.45, 7) is 5.10. The maximum Gasteiger partial charge on any atom is 0.163 e. The van der Waals surface area contributed by atoms with E-state index in [2.05, 4.69) is 58.7 Å². The van der Waals surface area contributed by atoms with Crippen molar-refractivity contribution in [1.29, 1.82) is 0 Å². The van der Waals surface area contributed by atoms with Gasteiger partial charge in [0.2, 0.25) is 0 Å². The molecule has 1 heterocycles. The SMILES string of the molecule is CCCNc1cc(Nc2ccc(C)cc2)nc(-c2ccccc2)n1. The topological polar surface area (TPSA) is 49.8 Å². The molecular formula is C20H22N4. The summed E-state index contributed by atoms with van der Waals surface area (Å²) < 4.78 is 0. The third-order valence-electron chi connectivity index (χ3n) is 3.64. The third kappa shape index (κ3) is 4.10. The van der Waals surface area contributed by atoms with E-state index in [-0.39, 0.29) is 0 Å². The van der Waals surface area contributed by atoms with Gasteiger partial charge in [-0.3, -0.25) is 0 Å². The van der Waals surface area contributed by atoms with E-state index in [1.807, 2.05) is 36.4 Å². The van der Waals surface area contributed by atoms with Crippen molar-refractivity contribution in [3.05, 3.63) is 66.2 Å². The number of rotatable bonds is 6. The van der Waals surface area contributed by atoms with Crippen LogP contribution in [0.5, 0.6) is 0 Å². The molecule has 0 radical (unpaired) electrons. The van der Waals surface area contributed by atoms with Gasteiger partial charge in [-0.2, -0.15) is 0 Å². The van der Waals surface area contributed by atoms with Crippen LogP contribution in [0.1, 0.15) is 18.9 Å². The highest BCUT2D eigenvalue weighted by molar-refractivity contribution is 5.65. The Balaban J connectivity index is 1.93. The zero-order valence-corrected chi connectivity index (χ0v) is 14.1. The molecule has 0 saturated carbocycles. The molecule has 0 fully saturated rings. The van der Waals surface area contributed by atoms with E-state index in [1.165, 1.54) is 5.56 Å². The molecule has 0 amide bonds. The van der Waals surface area contributed by atoms with Crippen molar-refractivity contribution in [1.82, 2.24) is 9.97 Å². The van der Waals surface area contributed by atoms with Crippen LogP contribution in [0.4, 0.5) is 17.3 Å². The minimum absolute atomic E-state index is 0.714. The zero-order valence-electron chi connectivity index (χ0n) is 14.1. The van der Waals surface area contributed by atoms with E-state index in [0.717, 1.165) is 35.9 Å². The number of benzene rings is 2. The van der Waals surface area contributed by atoms with Crippen molar-refractivity contribution < 1.29 is 0 Å². The van der Waals surface area contributed by atoms with Gasteiger partial charge in [-0.05, 0) is 25.5 Å². The first-order valence-electron chi connectivity index (χ1n) is 8.26. The summed E-state index contributed by atoms with van der Waals surface area (Å²) in [4.78, 5) is 9.30. The summed E-state index contributed by atoms with van der Waals surface area (Å²) in [5, 5.41) is 6.72. The Morgan fingerprint density at radius 1 is 0.875 bits per heavy atom. The van der Waals surface area contributed by atoms with Crippen LogP contribution in [0.15, 0.2) is 60.7 Å². The second-order valence-electron chi connectivity index (χ2n) is 5.75. The highest BCUT2D eigenvalue weighted by atomic mass is 15.1. The molecule has 122 valence electrons. The second-order valence-corrected chi connectivity index (χ2v) is 5.75. The summed E-state index contributed by atoms with van der Waals surface area (Å²) in [6.07, 6.45) is 1.05. The van der Waals surface area contributed by atoms with E-state index in [9.17, 15) is 0 Å². The van der Waals surface area contributed by atoms with Crippen molar-refractivity contribution in [3.8, 4) is 11.4 Å².